The number of halogens is 1. The molecule has 0 aromatic heterocycles. The summed E-state index contributed by atoms with van der Waals surface area (Å²) in [5.41, 5.74) is 0.437. The minimum atomic E-state index is -1.24. The predicted molar refractivity (Wildman–Crippen MR) is 70.7 cm³/mol. The van der Waals surface area contributed by atoms with E-state index in [9.17, 15) is 9.18 Å². The standard InChI is InChI=1S/C14H20FNO2/c1-9(14(2,3)4)16(5)10-6-7-11(13(17)18)12(15)8-10/h6-9H,1-5H3,(H,17,18). The SMILES string of the molecule is CC(N(C)c1ccc(C(=O)O)c(F)c1)C(C)(C)C. The van der Waals surface area contributed by atoms with Gasteiger partial charge in [-0.25, -0.2) is 9.18 Å². The zero-order valence-electron chi connectivity index (χ0n) is 11.5. The first-order chi connectivity index (χ1) is 8.14. The Balaban J connectivity index is 3.05. The number of carboxylic acid groups (broad SMARTS) is 1. The molecule has 0 saturated heterocycles. The van der Waals surface area contributed by atoms with Crippen molar-refractivity contribution in [2.75, 3.05) is 11.9 Å². The van der Waals surface area contributed by atoms with E-state index in [0.717, 1.165) is 0 Å². The number of benzene rings is 1. The van der Waals surface area contributed by atoms with Crippen LogP contribution in [0.1, 0.15) is 38.1 Å². The third-order valence-electron chi connectivity index (χ3n) is 3.42. The van der Waals surface area contributed by atoms with Gasteiger partial charge in [-0.15, -0.1) is 0 Å². The van der Waals surface area contributed by atoms with E-state index in [0.29, 0.717) is 5.69 Å². The molecule has 1 unspecified atom stereocenters. The zero-order chi connectivity index (χ0) is 14.1. The molecule has 1 aromatic carbocycles. The van der Waals surface area contributed by atoms with Crippen LogP contribution in [0.2, 0.25) is 0 Å². The molecule has 0 spiro atoms. The first-order valence-electron chi connectivity index (χ1n) is 5.90. The molecule has 3 nitrogen and oxygen atoms in total. The molecular weight excluding hydrogens is 233 g/mol. The van der Waals surface area contributed by atoms with Crippen molar-refractivity contribution < 1.29 is 14.3 Å². The number of hydrogen-bond acceptors (Lipinski definition) is 2. The maximum atomic E-state index is 13.6. The van der Waals surface area contributed by atoms with Crippen LogP contribution in [0.5, 0.6) is 0 Å². The fourth-order valence-electron chi connectivity index (χ4n) is 1.70. The molecule has 0 heterocycles. The van der Waals surface area contributed by atoms with Gasteiger partial charge < -0.3 is 10.0 Å². The molecule has 0 bridgehead atoms. The molecule has 100 valence electrons. The Bertz CT molecular complexity index is 452. The van der Waals surface area contributed by atoms with E-state index in [4.69, 9.17) is 5.11 Å². The van der Waals surface area contributed by atoms with Crippen molar-refractivity contribution >= 4 is 11.7 Å². The largest absolute Gasteiger partial charge is 0.478 e. The van der Waals surface area contributed by atoms with Crippen molar-refractivity contribution in [2.45, 2.75) is 33.7 Å². The average Bonchev–Trinajstić information content (AvgIpc) is 2.25. The van der Waals surface area contributed by atoms with Crippen molar-refractivity contribution in [3.63, 3.8) is 0 Å². The van der Waals surface area contributed by atoms with Crippen molar-refractivity contribution in [1.29, 1.82) is 0 Å². The Hall–Kier alpha value is -1.58. The molecule has 0 amide bonds. The number of nitrogens with zero attached hydrogens (tertiary/aromatic N) is 1. The summed E-state index contributed by atoms with van der Waals surface area (Å²) in [6.45, 7) is 8.38. The van der Waals surface area contributed by atoms with Gasteiger partial charge in [0, 0.05) is 18.8 Å². The highest BCUT2D eigenvalue weighted by atomic mass is 19.1. The van der Waals surface area contributed by atoms with Gasteiger partial charge in [0.2, 0.25) is 0 Å². The van der Waals surface area contributed by atoms with Crippen molar-refractivity contribution in [3.8, 4) is 0 Å². The van der Waals surface area contributed by atoms with Crippen molar-refractivity contribution in [3.05, 3.63) is 29.6 Å². The fourth-order valence-corrected chi connectivity index (χ4v) is 1.70. The predicted octanol–water partition coefficient (Wildman–Crippen LogP) is 3.39. The molecule has 1 N–H and O–H groups in total. The van der Waals surface area contributed by atoms with Crippen LogP contribution in [-0.4, -0.2) is 24.2 Å². The maximum absolute atomic E-state index is 13.6. The molecular formula is C14H20FNO2. The second-order valence-electron chi connectivity index (χ2n) is 5.62. The zero-order valence-corrected chi connectivity index (χ0v) is 11.5. The number of carbonyl (C=O) groups is 1. The van der Waals surface area contributed by atoms with Gasteiger partial charge in [0.05, 0.1) is 5.56 Å². The van der Waals surface area contributed by atoms with E-state index < -0.39 is 11.8 Å². The van der Waals surface area contributed by atoms with E-state index in [-0.39, 0.29) is 17.0 Å². The summed E-state index contributed by atoms with van der Waals surface area (Å²) in [6.07, 6.45) is 0. The van der Waals surface area contributed by atoms with Crippen LogP contribution in [0, 0.1) is 11.2 Å². The number of hydrogen-bond donors (Lipinski definition) is 1. The highest BCUT2D eigenvalue weighted by Gasteiger charge is 2.24. The summed E-state index contributed by atoms with van der Waals surface area (Å²) in [4.78, 5) is 12.7. The summed E-state index contributed by atoms with van der Waals surface area (Å²) >= 11 is 0. The first-order valence-corrected chi connectivity index (χ1v) is 5.90. The second kappa shape index (κ2) is 4.96. The second-order valence-corrected chi connectivity index (χ2v) is 5.62. The van der Waals surface area contributed by atoms with Gasteiger partial charge in [-0.05, 0) is 30.5 Å². The highest BCUT2D eigenvalue weighted by molar-refractivity contribution is 5.88. The molecule has 4 heteroatoms. The molecule has 0 aliphatic heterocycles. The summed E-state index contributed by atoms with van der Waals surface area (Å²) in [5, 5.41) is 8.78. The third kappa shape index (κ3) is 3.00. The Morgan fingerprint density at radius 3 is 2.33 bits per heavy atom. The number of aromatic carboxylic acids is 1. The fraction of sp³-hybridized carbons (Fsp3) is 0.500. The van der Waals surface area contributed by atoms with Crippen LogP contribution in [0.15, 0.2) is 18.2 Å². The number of rotatable bonds is 3. The molecule has 0 aliphatic carbocycles. The van der Waals surface area contributed by atoms with Gasteiger partial charge in [-0.3, -0.25) is 0 Å². The molecule has 18 heavy (non-hydrogen) atoms. The van der Waals surface area contributed by atoms with Gasteiger partial charge in [-0.1, -0.05) is 20.8 Å². The Morgan fingerprint density at radius 2 is 1.94 bits per heavy atom. The summed E-state index contributed by atoms with van der Waals surface area (Å²) < 4.78 is 13.6. The van der Waals surface area contributed by atoms with Gasteiger partial charge in [0.15, 0.2) is 0 Å². The van der Waals surface area contributed by atoms with Crippen LogP contribution in [0.25, 0.3) is 0 Å². The van der Waals surface area contributed by atoms with Crippen LogP contribution >= 0.6 is 0 Å². The van der Waals surface area contributed by atoms with Crippen LogP contribution in [0.3, 0.4) is 0 Å². The quantitative estimate of drug-likeness (QED) is 0.897. The molecule has 1 atom stereocenters. The summed E-state index contributed by atoms with van der Waals surface area (Å²) in [7, 11) is 1.88. The Kier molecular flexibility index (Phi) is 3.99. The Morgan fingerprint density at radius 1 is 1.39 bits per heavy atom. The van der Waals surface area contributed by atoms with E-state index in [1.165, 1.54) is 12.1 Å². The first kappa shape index (κ1) is 14.5. The Labute approximate surface area is 107 Å². The van der Waals surface area contributed by atoms with E-state index in [1.807, 2.05) is 11.9 Å². The maximum Gasteiger partial charge on any atom is 0.338 e. The number of carboxylic acids is 1. The molecule has 1 aromatic rings. The van der Waals surface area contributed by atoms with Gasteiger partial charge in [-0.2, -0.15) is 0 Å². The van der Waals surface area contributed by atoms with Crippen LogP contribution < -0.4 is 4.90 Å². The lowest BCUT2D eigenvalue weighted by molar-refractivity contribution is 0.0692. The number of anilines is 1. The lowest BCUT2D eigenvalue weighted by Gasteiger charge is -2.37. The van der Waals surface area contributed by atoms with E-state index in [1.54, 1.807) is 6.07 Å². The van der Waals surface area contributed by atoms with Crippen LogP contribution in [-0.2, 0) is 0 Å². The molecule has 0 aliphatic rings. The minimum Gasteiger partial charge on any atom is -0.478 e. The lowest BCUT2D eigenvalue weighted by Crippen LogP contribution is -2.39. The van der Waals surface area contributed by atoms with Crippen molar-refractivity contribution in [1.82, 2.24) is 0 Å². The van der Waals surface area contributed by atoms with Crippen LogP contribution in [0.4, 0.5) is 10.1 Å². The molecule has 0 fully saturated rings. The summed E-state index contributed by atoms with van der Waals surface area (Å²) in [5.74, 6) is -1.95. The monoisotopic (exact) mass is 253 g/mol. The molecule has 1 rings (SSSR count). The van der Waals surface area contributed by atoms with E-state index >= 15 is 0 Å². The third-order valence-corrected chi connectivity index (χ3v) is 3.42. The smallest absolute Gasteiger partial charge is 0.338 e. The lowest BCUT2D eigenvalue weighted by atomic mass is 9.87. The normalized spacial score (nSPS) is 13.2. The molecule has 0 saturated carbocycles. The minimum absolute atomic E-state index is 0.0523. The molecule has 0 radical (unpaired) electrons. The summed E-state index contributed by atoms with van der Waals surface area (Å²) in [6, 6.07) is 4.41. The van der Waals surface area contributed by atoms with Crippen molar-refractivity contribution in [2.24, 2.45) is 5.41 Å². The van der Waals surface area contributed by atoms with Gasteiger partial charge in [0.1, 0.15) is 5.82 Å². The van der Waals surface area contributed by atoms with Gasteiger partial charge >= 0.3 is 5.97 Å². The topological polar surface area (TPSA) is 40.5 Å². The average molecular weight is 253 g/mol. The van der Waals surface area contributed by atoms with E-state index in [2.05, 4.69) is 27.7 Å². The highest BCUT2D eigenvalue weighted by Crippen LogP contribution is 2.28. The van der Waals surface area contributed by atoms with Gasteiger partial charge in [0.25, 0.3) is 0 Å².